The highest BCUT2D eigenvalue weighted by atomic mass is 16.5. The molecular weight excluding hydrogens is 334 g/mol. The van der Waals surface area contributed by atoms with Crippen molar-refractivity contribution < 1.29 is 24.2 Å². The number of amides is 1. The lowest BCUT2D eigenvalue weighted by Crippen LogP contribution is -2.58. The Morgan fingerprint density at radius 2 is 1.85 bits per heavy atom. The molecule has 26 heavy (non-hydrogen) atoms. The topological polar surface area (TPSA) is 76.1 Å². The van der Waals surface area contributed by atoms with Gasteiger partial charge in [0.25, 0.3) is 0 Å². The van der Waals surface area contributed by atoms with Crippen LogP contribution in [0.3, 0.4) is 0 Å². The first kappa shape index (κ1) is 17.9. The Hall–Kier alpha value is -2.86. The molecule has 1 saturated heterocycles. The molecule has 1 heterocycles. The van der Waals surface area contributed by atoms with Gasteiger partial charge in [-0.1, -0.05) is 42.5 Å². The molecule has 1 aliphatic heterocycles. The van der Waals surface area contributed by atoms with Crippen LogP contribution in [0.15, 0.2) is 54.6 Å². The second kappa shape index (κ2) is 8.01. The van der Waals surface area contributed by atoms with Crippen molar-refractivity contribution in [1.82, 2.24) is 4.90 Å². The molecule has 0 aliphatic carbocycles. The molecule has 0 saturated carbocycles. The molecule has 6 heteroatoms. The number of carboxylic acids is 1. The summed E-state index contributed by atoms with van der Waals surface area (Å²) >= 11 is 0. The lowest BCUT2D eigenvalue weighted by Gasteiger charge is -2.38. The van der Waals surface area contributed by atoms with Crippen LogP contribution in [0.25, 0.3) is 0 Å². The van der Waals surface area contributed by atoms with Crippen molar-refractivity contribution in [3.63, 3.8) is 0 Å². The average molecular weight is 355 g/mol. The number of methoxy groups -OCH3 is 1. The van der Waals surface area contributed by atoms with Gasteiger partial charge in [0.05, 0.1) is 13.2 Å². The molecule has 1 fully saturated rings. The summed E-state index contributed by atoms with van der Waals surface area (Å²) in [6, 6.07) is 15.7. The van der Waals surface area contributed by atoms with E-state index < -0.39 is 18.1 Å². The van der Waals surface area contributed by atoms with E-state index in [1.54, 1.807) is 19.2 Å². The fourth-order valence-electron chi connectivity index (χ4n) is 3.13. The van der Waals surface area contributed by atoms with Gasteiger partial charge in [0.15, 0.2) is 6.04 Å². The van der Waals surface area contributed by atoms with Gasteiger partial charge in [-0.15, -0.1) is 0 Å². The molecule has 0 spiro atoms. The Bertz CT molecular complexity index is 760. The first-order valence-corrected chi connectivity index (χ1v) is 8.39. The largest absolute Gasteiger partial charge is 0.497 e. The van der Waals surface area contributed by atoms with Crippen molar-refractivity contribution in [1.29, 1.82) is 0 Å². The number of carbonyl (C=O) groups is 2. The van der Waals surface area contributed by atoms with E-state index in [0.717, 1.165) is 11.1 Å². The summed E-state index contributed by atoms with van der Waals surface area (Å²) in [5, 5.41) is 9.74. The molecule has 3 rings (SSSR count). The van der Waals surface area contributed by atoms with Crippen LogP contribution in [0.5, 0.6) is 5.75 Å². The van der Waals surface area contributed by atoms with Gasteiger partial charge in [0.1, 0.15) is 12.4 Å². The predicted molar refractivity (Wildman–Crippen MR) is 94.9 cm³/mol. The molecular formula is C20H21NO5. The van der Waals surface area contributed by atoms with E-state index in [9.17, 15) is 14.7 Å². The summed E-state index contributed by atoms with van der Waals surface area (Å²) in [6.07, 6.45) is -0.157. The number of hydrogen-bond acceptors (Lipinski definition) is 4. The van der Waals surface area contributed by atoms with Gasteiger partial charge < -0.3 is 19.5 Å². The Balaban J connectivity index is 1.81. The molecule has 2 atom stereocenters. The monoisotopic (exact) mass is 355 g/mol. The fourth-order valence-corrected chi connectivity index (χ4v) is 3.13. The molecule has 2 aromatic rings. The van der Waals surface area contributed by atoms with Crippen molar-refractivity contribution >= 4 is 11.9 Å². The van der Waals surface area contributed by atoms with Crippen LogP contribution in [0.2, 0.25) is 0 Å². The average Bonchev–Trinajstić information content (AvgIpc) is 2.65. The maximum atomic E-state index is 12.3. The third kappa shape index (κ3) is 4.03. The molecule has 2 aromatic carbocycles. The van der Waals surface area contributed by atoms with E-state index in [2.05, 4.69) is 0 Å². The third-order valence-electron chi connectivity index (χ3n) is 4.47. The van der Waals surface area contributed by atoms with Crippen molar-refractivity contribution in [3.8, 4) is 5.75 Å². The van der Waals surface area contributed by atoms with E-state index in [0.29, 0.717) is 12.2 Å². The highest BCUT2D eigenvalue weighted by Gasteiger charge is 2.41. The van der Waals surface area contributed by atoms with E-state index >= 15 is 0 Å². The second-order valence-electron chi connectivity index (χ2n) is 6.19. The number of benzene rings is 2. The van der Waals surface area contributed by atoms with Gasteiger partial charge in [0, 0.05) is 13.0 Å². The number of ether oxygens (including phenoxy) is 2. The highest BCUT2D eigenvalue weighted by molar-refractivity contribution is 5.86. The third-order valence-corrected chi connectivity index (χ3v) is 4.47. The van der Waals surface area contributed by atoms with Crippen molar-refractivity contribution in [2.75, 3.05) is 13.7 Å². The summed E-state index contributed by atoms with van der Waals surface area (Å²) in [5.41, 5.74) is 1.81. The Kier molecular flexibility index (Phi) is 5.53. The number of nitrogens with zero attached hydrogens (tertiary/aromatic N) is 1. The first-order chi connectivity index (χ1) is 12.6. The minimum Gasteiger partial charge on any atom is -0.497 e. The van der Waals surface area contributed by atoms with Gasteiger partial charge in [-0.05, 0) is 23.3 Å². The molecule has 0 aromatic heterocycles. The lowest BCUT2D eigenvalue weighted by atomic mass is 9.98. The van der Waals surface area contributed by atoms with E-state index in [-0.39, 0.29) is 19.1 Å². The molecule has 1 N–H and O–H groups in total. The van der Waals surface area contributed by atoms with Gasteiger partial charge in [0.2, 0.25) is 5.91 Å². The standard InChI is InChI=1S/C20H21NO5/c1-25-16-9-7-15(8-10-16)12-21-18(22)13-26-17(19(21)20(23)24)11-14-5-3-2-4-6-14/h2-10,17,19H,11-13H2,1H3,(H,23,24)/t17-,19?/m0/s1. The smallest absolute Gasteiger partial charge is 0.329 e. The fraction of sp³-hybridized carbons (Fsp3) is 0.300. The summed E-state index contributed by atoms with van der Waals surface area (Å²) in [7, 11) is 1.58. The highest BCUT2D eigenvalue weighted by Crippen LogP contribution is 2.23. The van der Waals surface area contributed by atoms with Gasteiger partial charge >= 0.3 is 5.97 Å². The summed E-state index contributed by atoms with van der Waals surface area (Å²) in [4.78, 5) is 25.6. The van der Waals surface area contributed by atoms with Gasteiger partial charge in [-0.2, -0.15) is 0 Å². The van der Waals surface area contributed by atoms with E-state index in [4.69, 9.17) is 9.47 Å². The van der Waals surface area contributed by atoms with Crippen molar-refractivity contribution in [3.05, 3.63) is 65.7 Å². The number of aliphatic carboxylic acids is 1. The van der Waals surface area contributed by atoms with E-state index in [1.165, 1.54) is 4.90 Å². The first-order valence-electron chi connectivity index (χ1n) is 8.39. The van der Waals surface area contributed by atoms with Crippen LogP contribution >= 0.6 is 0 Å². The summed E-state index contributed by atoms with van der Waals surface area (Å²) < 4.78 is 10.7. The number of morpholine rings is 1. The molecule has 1 amide bonds. The van der Waals surface area contributed by atoms with Crippen molar-refractivity contribution in [2.45, 2.75) is 25.1 Å². The zero-order chi connectivity index (χ0) is 18.5. The minimum absolute atomic E-state index is 0.114. The number of rotatable bonds is 6. The molecule has 1 aliphatic rings. The lowest BCUT2D eigenvalue weighted by molar-refractivity contribution is -0.172. The quantitative estimate of drug-likeness (QED) is 0.859. The Morgan fingerprint density at radius 3 is 2.46 bits per heavy atom. The molecule has 0 radical (unpaired) electrons. The zero-order valence-electron chi connectivity index (χ0n) is 14.5. The van der Waals surface area contributed by atoms with Crippen LogP contribution in [-0.2, 0) is 27.3 Å². The Labute approximate surface area is 152 Å². The van der Waals surface area contributed by atoms with Crippen LogP contribution in [0.4, 0.5) is 0 Å². The van der Waals surface area contributed by atoms with Crippen LogP contribution in [0.1, 0.15) is 11.1 Å². The molecule has 0 bridgehead atoms. The Morgan fingerprint density at radius 1 is 1.15 bits per heavy atom. The summed E-state index contributed by atoms with van der Waals surface area (Å²) in [6.45, 7) is 0.103. The maximum absolute atomic E-state index is 12.3. The van der Waals surface area contributed by atoms with Gasteiger partial charge in [-0.25, -0.2) is 4.79 Å². The minimum atomic E-state index is -1.06. The van der Waals surface area contributed by atoms with Crippen LogP contribution in [-0.4, -0.2) is 47.7 Å². The summed E-state index contributed by atoms with van der Waals surface area (Å²) in [5.74, 6) is -0.677. The molecule has 1 unspecified atom stereocenters. The number of hydrogen-bond donors (Lipinski definition) is 1. The molecule has 6 nitrogen and oxygen atoms in total. The van der Waals surface area contributed by atoms with Crippen LogP contribution in [0, 0.1) is 0 Å². The number of carbonyl (C=O) groups excluding carboxylic acids is 1. The normalized spacial score (nSPS) is 20.0. The maximum Gasteiger partial charge on any atom is 0.329 e. The van der Waals surface area contributed by atoms with E-state index in [1.807, 2.05) is 42.5 Å². The number of carboxylic acid groups (broad SMARTS) is 1. The van der Waals surface area contributed by atoms with Crippen LogP contribution < -0.4 is 4.74 Å². The SMILES string of the molecule is COc1ccc(CN2C(=O)CO[C@@H](Cc3ccccc3)C2C(=O)O)cc1. The van der Waals surface area contributed by atoms with Gasteiger partial charge in [-0.3, -0.25) is 4.79 Å². The second-order valence-corrected chi connectivity index (χ2v) is 6.19. The zero-order valence-corrected chi connectivity index (χ0v) is 14.5. The predicted octanol–water partition coefficient (Wildman–Crippen LogP) is 2.12. The van der Waals surface area contributed by atoms with Crippen molar-refractivity contribution in [2.24, 2.45) is 0 Å². The molecule has 136 valence electrons.